The molecule has 5 nitrogen and oxygen atoms in total. The second kappa shape index (κ2) is 3.39. The quantitative estimate of drug-likeness (QED) is 0.447. The number of nitrogens with two attached hydrogens (primary N) is 1. The van der Waals surface area contributed by atoms with Crippen molar-refractivity contribution in [3.8, 4) is 0 Å². The fraction of sp³-hybridized carbons (Fsp3) is 0. The van der Waals surface area contributed by atoms with E-state index >= 15 is 0 Å². The molecule has 6 heteroatoms. The lowest BCUT2D eigenvalue weighted by Crippen LogP contribution is -2.30. The van der Waals surface area contributed by atoms with Crippen LogP contribution in [0.4, 0.5) is 0 Å². The van der Waals surface area contributed by atoms with Gasteiger partial charge in [-0.15, -0.1) is 0 Å². The van der Waals surface area contributed by atoms with Crippen LogP contribution in [0.2, 0.25) is 0 Å². The summed E-state index contributed by atoms with van der Waals surface area (Å²) in [4.78, 5) is 15.4. The normalized spacial score (nSPS) is 10.4. The molecule has 0 atom stereocenters. The summed E-state index contributed by atoms with van der Waals surface area (Å²) in [5.74, 6) is 4.67. The predicted molar refractivity (Wildman–Crippen MR) is 54.5 cm³/mol. The number of carbonyl (C=O) groups excluding carboxylic acids is 1. The molecule has 0 fully saturated rings. The van der Waals surface area contributed by atoms with Crippen molar-refractivity contribution in [2.45, 2.75) is 0 Å². The minimum Gasteiger partial charge on any atom is -0.294 e. The zero-order valence-corrected chi connectivity index (χ0v) is 8.65. The van der Waals surface area contributed by atoms with E-state index in [-0.39, 0.29) is 5.91 Å². The molecule has 0 aliphatic rings. The Morgan fingerprint density at radius 1 is 1.64 bits per heavy atom. The minimum atomic E-state index is -0.365. The van der Waals surface area contributed by atoms with Gasteiger partial charge in [0.05, 0.1) is 10.7 Å². The molecule has 0 unspecified atom stereocenters. The molecule has 0 aromatic carbocycles. The second-order valence-corrected chi connectivity index (χ2v) is 3.52. The summed E-state index contributed by atoms with van der Waals surface area (Å²) in [5, 5.41) is 0. The van der Waals surface area contributed by atoms with Crippen LogP contribution in [0.15, 0.2) is 29.0 Å². The Balaban J connectivity index is 2.70. The number of amides is 1. The van der Waals surface area contributed by atoms with Crippen molar-refractivity contribution in [2.75, 3.05) is 0 Å². The fourth-order valence-electron chi connectivity index (χ4n) is 1.22. The Hall–Kier alpha value is -1.40. The summed E-state index contributed by atoms with van der Waals surface area (Å²) in [6.45, 7) is 0. The van der Waals surface area contributed by atoms with Crippen molar-refractivity contribution < 1.29 is 4.79 Å². The molecule has 0 saturated carbocycles. The van der Waals surface area contributed by atoms with Gasteiger partial charge in [0, 0.05) is 6.20 Å². The maximum absolute atomic E-state index is 11.3. The molecular weight excluding hydrogens is 248 g/mol. The number of rotatable bonds is 1. The van der Waals surface area contributed by atoms with Crippen molar-refractivity contribution in [3.63, 3.8) is 0 Å². The third-order valence-electron chi connectivity index (χ3n) is 1.85. The van der Waals surface area contributed by atoms with Crippen molar-refractivity contribution in [3.05, 3.63) is 34.7 Å². The van der Waals surface area contributed by atoms with Crippen LogP contribution in [0.3, 0.4) is 0 Å². The number of nitrogens with one attached hydrogen (secondary N) is 1. The Kier molecular flexibility index (Phi) is 2.22. The monoisotopic (exact) mass is 254 g/mol. The Morgan fingerprint density at radius 2 is 2.43 bits per heavy atom. The van der Waals surface area contributed by atoms with Crippen molar-refractivity contribution in [1.82, 2.24) is 14.8 Å². The molecule has 2 aromatic heterocycles. The van der Waals surface area contributed by atoms with E-state index in [9.17, 15) is 4.79 Å². The number of fused-ring (bicyclic) bond motifs is 1. The summed E-state index contributed by atoms with van der Waals surface area (Å²) < 4.78 is 2.49. The van der Waals surface area contributed by atoms with Crippen molar-refractivity contribution in [2.24, 2.45) is 5.84 Å². The van der Waals surface area contributed by atoms with Gasteiger partial charge in [0.15, 0.2) is 5.65 Å². The zero-order chi connectivity index (χ0) is 10.1. The largest absolute Gasteiger partial charge is 0.294 e. The zero-order valence-electron chi connectivity index (χ0n) is 7.07. The lowest BCUT2D eigenvalue weighted by Gasteiger charge is -1.99. The molecule has 2 heterocycles. The minimum absolute atomic E-state index is 0.365. The van der Waals surface area contributed by atoms with Gasteiger partial charge >= 0.3 is 0 Å². The molecule has 2 rings (SSSR count). The van der Waals surface area contributed by atoms with Gasteiger partial charge in [0.2, 0.25) is 0 Å². The first kappa shape index (κ1) is 9.17. The predicted octanol–water partition coefficient (Wildman–Crippen LogP) is 0.700. The molecule has 14 heavy (non-hydrogen) atoms. The molecule has 0 spiro atoms. The second-order valence-electron chi connectivity index (χ2n) is 2.67. The summed E-state index contributed by atoms with van der Waals surface area (Å²) in [5.41, 5.74) is 3.16. The SMILES string of the molecule is NNC(=O)c1cnc2c(Br)cccn12. The lowest BCUT2D eigenvalue weighted by atomic mass is 10.4. The first-order valence-corrected chi connectivity index (χ1v) is 4.66. The average molecular weight is 255 g/mol. The van der Waals surface area contributed by atoms with Crippen LogP contribution in [-0.2, 0) is 0 Å². The smallest absolute Gasteiger partial charge is 0.283 e. The molecule has 0 aliphatic heterocycles. The van der Waals surface area contributed by atoms with Gasteiger partial charge in [0.25, 0.3) is 5.91 Å². The number of hydrazine groups is 1. The summed E-state index contributed by atoms with van der Waals surface area (Å²) >= 11 is 3.33. The summed E-state index contributed by atoms with van der Waals surface area (Å²) in [6.07, 6.45) is 3.22. The maximum Gasteiger partial charge on any atom is 0.283 e. The number of hydrogen-bond acceptors (Lipinski definition) is 3. The number of hydrogen-bond donors (Lipinski definition) is 2. The van der Waals surface area contributed by atoms with Gasteiger partial charge in [-0.3, -0.25) is 14.6 Å². The van der Waals surface area contributed by atoms with Crippen molar-refractivity contribution >= 4 is 27.5 Å². The van der Waals surface area contributed by atoms with E-state index in [4.69, 9.17) is 5.84 Å². The van der Waals surface area contributed by atoms with Gasteiger partial charge in [-0.2, -0.15) is 0 Å². The van der Waals surface area contributed by atoms with E-state index in [2.05, 4.69) is 26.3 Å². The van der Waals surface area contributed by atoms with Crippen LogP contribution in [0, 0.1) is 0 Å². The molecular formula is C8H7BrN4O. The van der Waals surface area contributed by atoms with Gasteiger partial charge in [-0.25, -0.2) is 10.8 Å². The molecule has 0 aliphatic carbocycles. The summed E-state index contributed by atoms with van der Waals surface area (Å²) in [6, 6.07) is 3.67. The fourth-order valence-corrected chi connectivity index (χ4v) is 1.66. The number of aromatic nitrogens is 2. The first-order chi connectivity index (χ1) is 6.74. The highest BCUT2D eigenvalue weighted by Gasteiger charge is 2.11. The van der Waals surface area contributed by atoms with E-state index in [1.54, 1.807) is 10.6 Å². The molecule has 0 saturated heterocycles. The van der Waals surface area contributed by atoms with E-state index in [0.29, 0.717) is 11.3 Å². The number of carbonyl (C=O) groups is 1. The lowest BCUT2D eigenvalue weighted by molar-refractivity contribution is 0.0948. The van der Waals surface area contributed by atoms with Crippen LogP contribution in [0.1, 0.15) is 10.5 Å². The summed E-state index contributed by atoms with van der Waals surface area (Å²) in [7, 11) is 0. The Labute approximate surface area is 88.0 Å². The maximum atomic E-state index is 11.3. The molecule has 2 aromatic rings. The number of nitrogen functional groups attached to an aromatic ring is 1. The van der Waals surface area contributed by atoms with Crippen LogP contribution in [-0.4, -0.2) is 15.3 Å². The van der Waals surface area contributed by atoms with E-state index in [1.807, 2.05) is 12.1 Å². The Bertz CT molecular complexity index is 493. The number of nitrogens with zero attached hydrogens (tertiary/aromatic N) is 2. The van der Waals surface area contributed by atoms with Gasteiger partial charge in [-0.1, -0.05) is 0 Å². The average Bonchev–Trinajstić information content (AvgIpc) is 2.62. The molecule has 1 amide bonds. The number of halogens is 1. The third kappa shape index (κ3) is 1.28. The van der Waals surface area contributed by atoms with E-state index in [0.717, 1.165) is 4.47 Å². The van der Waals surface area contributed by atoms with Gasteiger partial charge in [-0.05, 0) is 28.1 Å². The molecule has 0 radical (unpaired) electrons. The highest BCUT2D eigenvalue weighted by atomic mass is 79.9. The van der Waals surface area contributed by atoms with Crippen molar-refractivity contribution in [1.29, 1.82) is 0 Å². The van der Waals surface area contributed by atoms with Crippen LogP contribution in [0.5, 0.6) is 0 Å². The molecule has 0 bridgehead atoms. The van der Waals surface area contributed by atoms with Gasteiger partial charge < -0.3 is 0 Å². The topological polar surface area (TPSA) is 72.4 Å². The standard InChI is InChI=1S/C8H7BrN4O/c9-5-2-1-3-13-6(8(14)12-10)4-11-7(5)13/h1-4H,10H2,(H,12,14). The van der Waals surface area contributed by atoms with Crippen LogP contribution >= 0.6 is 15.9 Å². The number of imidazole rings is 1. The highest BCUT2D eigenvalue weighted by molar-refractivity contribution is 9.10. The van der Waals surface area contributed by atoms with Gasteiger partial charge in [0.1, 0.15) is 5.69 Å². The third-order valence-corrected chi connectivity index (χ3v) is 2.47. The Morgan fingerprint density at radius 3 is 3.14 bits per heavy atom. The number of pyridine rings is 1. The van der Waals surface area contributed by atoms with Crippen LogP contribution < -0.4 is 11.3 Å². The van der Waals surface area contributed by atoms with Crippen LogP contribution in [0.25, 0.3) is 5.65 Å². The first-order valence-electron chi connectivity index (χ1n) is 3.86. The molecule has 72 valence electrons. The molecule has 3 N–H and O–H groups in total. The van der Waals surface area contributed by atoms with E-state index < -0.39 is 0 Å². The van der Waals surface area contributed by atoms with E-state index in [1.165, 1.54) is 6.20 Å². The highest BCUT2D eigenvalue weighted by Crippen LogP contribution is 2.17.